The van der Waals surface area contributed by atoms with Crippen molar-refractivity contribution in [3.05, 3.63) is 46.2 Å². The van der Waals surface area contributed by atoms with E-state index < -0.39 is 0 Å². The Labute approximate surface area is 126 Å². The van der Waals surface area contributed by atoms with Gasteiger partial charge in [-0.1, -0.05) is 28.1 Å². The average Bonchev–Trinajstić information content (AvgIpc) is 2.85. The quantitative estimate of drug-likeness (QED) is 0.782. The van der Waals surface area contributed by atoms with E-state index in [1.807, 2.05) is 38.1 Å². The zero-order valence-corrected chi connectivity index (χ0v) is 13.3. The van der Waals surface area contributed by atoms with Gasteiger partial charge in [0.1, 0.15) is 5.69 Å². The first-order valence-electron chi connectivity index (χ1n) is 6.42. The normalized spacial score (nSPS) is 10.8. The van der Waals surface area contributed by atoms with E-state index in [4.69, 9.17) is 4.74 Å². The van der Waals surface area contributed by atoms with Gasteiger partial charge in [0.15, 0.2) is 11.5 Å². The third kappa shape index (κ3) is 3.10. The zero-order valence-electron chi connectivity index (χ0n) is 11.8. The number of halogens is 1. The molecule has 0 atom stereocenters. The number of carbonyl (C=O) groups excluding carboxylic acids is 1. The summed E-state index contributed by atoms with van der Waals surface area (Å²) in [5, 5.41) is 4.23. The molecule has 0 amide bonds. The molecular formula is C15H17BrN2O2. The molecule has 106 valence electrons. The first-order valence-corrected chi connectivity index (χ1v) is 7.21. The Balaban J connectivity index is 2.28. The topological polar surface area (TPSA) is 44.1 Å². The maximum Gasteiger partial charge on any atom is 0.189 e. The van der Waals surface area contributed by atoms with Crippen molar-refractivity contribution in [2.75, 3.05) is 7.11 Å². The smallest absolute Gasteiger partial charge is 0.189 e. The molecule has 0 aliphatic rings. The largest absolute Gasteiger partial charge is 0.493 e. The summed E-state index contributed by atoms with van der Waals surface area (Å²) in [6.45, 7) is 3.98. The van der Waals surface area contributed by atoms with Crippen molar-refractivity contribution >= 4 is 21.7 Å². The number of hydrogen-bond acceptors (Lipinski definition) is 3. The summed E-state index contributed by atoms with van der Waals surface area (Å²) >= 11 is 3.38. The van der Waals surface area contributed by atoms with E-state index in [1.165, 1.54) is 0 Å². The van der Waals surface area contributed by atoms with Gasteiger partial charge in [0.2, 0.25) is 0 Å². The highest BCUT2D eigenvalue weighted by Gasteiger charge is 2.21. The van der Waals surface area contributed by atoms with E-state index in [0.717, 1.165) is 10.0 Å². The Morgan fingerprint density at radius 2 is 2.00 bits per heavy atom. The Kier molecular flexibility index (Phi) is 4.60. The van der Waals surface area contributed by atoms with Gasteiger partial charge < -0.3 is 4.74 Å². The number of aromatic nitrogens is 2. The number of ether oxygens (including phenoxy) is 1. The van der Waals surface area contributed by atoms with Gasteiger partial charge in [0.25, 0.3) is 0 Å². The third-order valence-corrected chi connectivity index (χ3v) is 3.54. The highest BCUT2D eigenvalue weighted by Crippen LogP contribution is 2.23. The molecule has 2 rings (SSSR count). The highest BCUT2D eigenvalue weighted by molar-refractivity contribution is 9.10. The summed E-state index contributed by atoms with van der Waals surface area (Å²) in [5.74, 6) is 0.538. The van der Waals surface area contributed by atoms with E-state index in [0.29, 0.717) is 17.9 Å². The molecule has 0 bridgehead atoms. The Bertz CT molecular complexity index is 603. The Morgan fingerprint density at radius 1 is 1.35 bits per heavy atom. The van der Waals surface area contributed by atoms with Gasteiger partial charge in [-0.2, -0.15) is 5.10 Å². The molecule has 5 heteroatoms. The predicted molar refractivity (Wildman–Crippen MR) is 81.3 cm³/mol. The molecule has 0 fully saturated rings. The predicted octanol–water partition coefficient (Wildman–Crippen LogP) is 3.66. The molecule has 0 unspecified atom stereocenters. The van der Waals surface area contributed by atoms with Gasteiger partial charge in [-0.05, 0) is 31.5 Å². The molecular weight excluding hydrogens is 320 g/mol. The summed E-state index contributed by atoms with van der Waals surface area (Å²) < 4.78 is 7.95. The fraction of sp³-hybridized carbons (Fsp3) is 0.333. The number of hydrogen-bond donors (Lipinski definition) is 0. The monoisotopic (exact) mass is 336 g/mol. The van der Waals surface area contributed by atoms with E-state index >= 15 is 0 Å². The van der Waals surface area contributed by atoms with Crippen molar-refractivity contribution in [3.63, 3.8) is 0 Å². The maximum atomic E-state index is 12.5. The van der Waals surface area contributed by atoms with Crippen LogP contribution >= 0.6 is 15.9 Å². The second-order valence-electron chi connectivity index (χ2n) is 4.83. The number of methoxy groups -OCH3 is 1. The molecule has 0 saturated carbocycles. The van der Waals surface area contributed by atoms with Crippen LogP contribution < -0.4 is 4.74 Å². The number of ketones is 1. The van der Waals surface area contributed by atoms with Crippen LogP contribution in [0.15, 0.2) is 34.9 Å². The lowest BCUT2D eigenvalue weighted by atomic mass is 10.1. The molecule has 0 radical (unpaired) electrons. The number of Topliss-reactive ketones (excluding diaryl/α,β-unsaturated/α-hetero) is 1. The molecule has 1 aromatic heterocycles. The van der Waals surface area contributed by atoms with E-state index in [-0.39, 0.29) is 11.8 Å². The molecule has 1 aromatic carbocycles. The Hall–Kier alpha value is -1.62. The van der Waals surface area contributed by atoms with Gasteiger partial charge in [0, 0.05) is 16.9 Å². The highest BCUT2D eigenvalue weighted by atomic mass is 79.9. The van der Waals surface area contributed by atoms with Crippen LogP contribution in [0.4, 0.5) is 0 Å². The Morgan fingerprint density at radius 3 is 2.55 bits per heavy atom. The van der Waals surface area contributed by atoms with Crippen LogP contribution in [0.3, 0.4) is 0 Å². The summed E-state index contributed by atoms with van der Waals surface area (Å²) in [7, 11) is 1.55. The minimum absolute atomic E-state index is 0.00960. The number of benzene rings is 1. The van der Waals surface area contributed by atoms with Crippen molar-refractivity contribution in [1.29, 1.82) is 0 Å². The van der Waals surface area contributed by atoms with Crippen molar-refractivity contribution < 1.29 is 9.53 Å². The second-order valence-corrected chi connectivity index (χ2v) is 5.74. The SMILES string of the molecule is COc1cnn(C(C)C)c1C(=O)Cc1ccc(Br)cc1. The molecule has 0 aliphatic carbocycles. The lowest BCUT2D eigenvalue weighted by Crippen LogP contribution is -2.15. The van der Waals surface area contributed by atoms with Crippen LogP contribution in [-0.4, -0.2) is 22.7 Å². The fourth-order valence-corrected chi connectivity index (χ4v) is 2.29. The lowest BCUT2D eigenvalue weighted by Gasteiger charge is -2.11. The summed E-state index contributed by atoms with van der Waals surface area (Å²) in [5.41, 5.74) is 1.50. The van der Waals surface area contributed by atoms with Crippen molar-refractivity contribution in [2.45, 2.75) is 26.3 Å². The number of rotatable bonds is 5. The fourth-order valence-electron chi connectivity index (χ4n) is 2.02. The summed E-state index contributed by atoms with van der Waals surface area (Å²) in [6.07, 6.45) is 1.93. The van der Waals surface area contributed by atoms with E-state index in [1.54, 1.807) is 18.0 Å². The molecule has 0 N–H and O–H groups in total. The van der Waals surface area contributed by atoms with Crippen molar-refractivity contribution in [2.24, 2.45) is 0 Å². The summed E-state index contributed by atoms with van der Waals surface area (Å²) in [6, 6.07) is 7.84. The molecule has 2 aromatic rings. The van der Waals surface area contributed by atoms with Crippen molar-refractivity contribution in [3.8, 4) is 5.75 Å². The lowest BCUT2D eigenvalue weighted by molar-refractivity contribution is 0.0977. The number of carbonyl (C=O) groups is 1. The van der Waals surface area contributed by atoms with Crippen LogP contribution in [0.2, 0.25) is 0 Å². The first kappa shape index (κ1) is 14.8. The zero-order chi connectivity index (χ0) is 14.7. The van der Waals surface area contributed by atoms with Crippen LogP contribution in [-0.2, 0) is 6.42 Å². The van der Waals surface area contributed by atoms with Crippen LogP contribution in [0.25, 0.3) is 0 Å². The summed E-state index contributed by atoms with van der Waals surface area (Å²) in [4.78, 5) is 12.5. The maximum absolute atomic E-state index is 12.5. The average molecular weight is 337 g/mol. The molecule has 20 heavy (non-hydrogen) atoms. The minimum atomic E-state index is 0.00960. The molecule has 0 spiro atoms. The standard InChI is InChI=1S/C15H17BrN2O2/c1-10(2)18-15(14(20-3)9-17-18)13(19)8-11-4-6-12(16)7-5-11/h4-7,9-10H,8H2,1-3H3. The van der Waals surface area contributed by atoms with E-state index in [9.17, 15) is 4.79 Å². The van der Waals surface area contributed by atoms with Gasteiger partial charge in [0.05, 0.1) is 13.3 Å². The first-order chi connectivity index (χ1) is 9.52. The van der Waals surface area contributed by atoms with Crippen LogP contribution in [0, 0.1) is 0 Å². The molecule has 0 saturated heterocycles. The van der Waals surface area contributed by atoms with Gasteiger partial charge in [-0.15, -0.1) is 0 Å². The van der Waals surface area contributed by atoms with Gasteiger partial charge >= 0.3 is 0 Å². The van der Waals surface area contributed by atoms with Gasteiger partial charge in [-0.25, -0.2) is 0 Å². The van der Waals surface area contributed by atoms with Gasteiger partial charge in [-0.3, -0.25) is 9.48 Å². The minimum Gasteiger partial charge on any atom is -0.493 e. The van der Waals surface area contributed by atoms with E-state index in [2.05, 4.69) is 21.0 Å². The number of nitrogens with zero attached hydrogens (tertiary/aromatic N) is 2. The van der Waals surface area contributed by atoms with Crippen LogP contribution in [0.1, 0.15) is 35.9 Å². The second kappa shape index (κ2) is 6.22. The molecule has 0 aliphatic heterocycles. The molecule has 4 nitrogen and oxygen atoms in total. The van der Waals surface area contributed by atoms with Crippen LogP contribution in [0.5, 0.6) is 5.75 Å². The third-order valence-electron chi connectivity index (χ3n) is 3.01. The molecule has 1 heterocycles. The van der Waals surface area contributed by atoms with Crippen molar-refractivity contribution in [1.82, 2.24) is 9.78 Å².